The van der Waals surface area contributed by atoms with Crippen molar-refractivity contribution in [1.82, 2.24) is 4.90 Å². The molecule has 0 saturated heterocycles. The quantitative estimate of drug-likeness (QED) is 0.277. The Morgan fingerprint density at radius 1 is 0.816 bits per heavy atom. The zero-order valence-corrected chi connectivity index (χ0v) is 21.0. The molecular formula is C33H28N2O3. The van der Waals surface area contributed by atoms with Gasteiger partial charge in [-0.25, -0.2) is 0 Å². The number of amides is 2. The number of carbonyl (C=O) groups excluding carboxylic acids is 2. The Balaban J connectivity index is 1.13. The van der Waals surface area contributed by atoms with Gasteiger partial charge in [0.1, 0.15) is 11.5 Å². The van der Waals surface area contributed by atoms with Crippen molar-refractivity contribution in [3.63, 3.8) is 0 Å². The number of carbonyl (C=O) groups is 2. The van der Waals surface area contributed by atoms with Crippen molar-refractivity contribution in [2.24, 2.45) is 0 Å². The van der Waals surface area contributed by atoms with E-state index in [1.807, 2.05) is 95.9 Å². The Morgan fingerprint density at radius 2 is 1.63 bits per heavy atom. The van der Waals surface area contributed by atoms with Crippen molar-refractivity contribution in [2.75, 3.05) is 11.9 Å². The van der Waals surface area contributed by atoms with Crippen LogP contribution in [0.2, 0.25) is 0 Å². The van der Waals surface area contributed by atoms with Crippen molar-refractivity contribution >= 4 is 28.3 Å². The number of benzene rings is 4. The van der Waals surface area contributed by atoms with Crippen LogP contribution >= 0.6 is 0 Å². The lowest BCUT2D eigenvalue weighted by molar-refractivity contribution is -0.132. The number of aryl methyl sites for hydroxylation is 1. The highest BCUT2D eigenvalue weighted by Crippen LogP contribution is 2.31. The zero-order chi connectivity index (χ0) is 25.9. The van der Waals surface area contributed by atoms with Crippen LogP contribution in [0.25, 0.3) is 22.1 Å². The Morgan fingerprint density at radius 3 is 2.50 bits per heavy atom. The van der Waals surface area contributed by atoms with Crippen LogP contribution in [0.3, 0.4) is 0 Å². The second kappa shape index (κ2) is 10.4. The van der Waals surface area contributed by atoms with Crippen LogP contribution in [0, 0.1) is 0 Å². The first kappa shape index (κ1) is 23.7. The van der Waals surface area contributed by atoms with E-state index in [4.69, 9.17) is 4.42 Å². The van der Waals surface area contributed by atoms with Crippen LogP contribution in [0.1, 0.15) is 33.7 Å². The first-order chi connectivity index (χ1) is 18.6. The maximum Gasteiger partial charge on any atom is 0.255 e. The van der Waals surface area contributed by atoms with Gasteiger partial charge in [-0.05, 0) is 53.1 Å². The summed E-state index contributed by atoms with van der Waals surface area (Å²) in [6.45, 7) is 1.22. The minimum absolute atomic E-state index is 0.156. The van der Waals surface area contributed by atoms with Crippen molar-refractivity contribution in [2.45, 2.75) is 25.8 Å². The highest BCUT2D eigenvalue weighted by molar-refractivity contribution is 6.06. The molecule has 5 nitrogen and oxygen atoms in total. The van der Waals surface area contributed by atoms with Gasteiger partial charge in [0, 0.05) is 48.3 Å². The molecule has 38 heavy (non-hydrogen) atoms. The molecule has 0 radical (unpaired) electrons. The molecular weight excluding hydrogens is 472 g/mol. The summed E-state index contributed by atoms with van der Waals surface area (Å²) < 4.78 is 6.19. The summed E-state index contributed by atoms with van der Waals surface area (Å²) in [7, 11) is 0. The van der Waals surface area contributed by atoms with Crippen molar-refractivity contribution in [3.8, 4) is 11.3 Å². The number of hydrogen-bond donors (Lipinski definition) is 1. The van der Waals surface area contributed by atoms with Gasteiger partial charge in [0.15, 0.2) is 0 Å². The van der Waals surface area contributed by atoms with E-state index in [1.165, 1.54) is 5.56 Å². The molecule has 1 aliphatic rings. The molecule has 0 saturated carbocycles. The fourth-order valence-electron chi connectivity index (χ4n) is 5.03. The summed E-state index contributed by atoms with van der Waals surface area (Å²) in [4.78, 5) is 27.7. The number of nitrogens with one attached hydrogen (secondary N) is 1. The molecule has 188 valence electrons. The van der Waals surface area contributed by atoms with E-state index in [-0.39, 0.29) is 11.8 Å². The second-order valence-electron chi connectivity index (χ2n) is 9.71. The molecule has 0 fully saturated rings. The van der Waals surface area contributed by atoms with E-state index in [1.54, 1.807) is 0 Å². The van der Waals surface area contributed by atoms with Crippen molar-refractivity contribution < 1.29 is 14.0 Å². The Hall–Kier alpha value is -4.64. The molecule has 1 N–H and O–H groups in total. The van der Waals surface area contributed by atoms with E-state index in [9.17, 15) is 9.59 Å². The molecule has 2 heterocycles. The highest BCUT2D eigenvalue weighted by atomic mass is 16.3. The third kappa shape index (κ3) is 5.09. The average Bonchev–Trinajstić information content (AvgIpc) is 3.40. The lowest BCUT2D eigenvalue weighted by atomic mass is 10.1. The molecule has 0 atom stereocenters. The SMILES string of the molecule is O=C(Nc1cccc(-c2cc3c(o2)CCN(C(=O)CCc2ccccc2)C3)c1)c1ccc2ccccc2c1. The van der Waals surface area contributed by atoms with Gasteiger partial charge in [-0.1, -0.05) is 72.8 Å². The van der Waals surface area contributed by atoms with Crippen LogP contribution in [0.5, 0.6) is 0 Å². The lowest BCUT2D eigenvalue weighted by Crippen LogP contribution is -2.35. The standard InChI is InChI=1S/C33H28N2O3/c36-32(16-13-23-7-2-1-3-8-23)35-18-17-30-28(22-35)21-31(38-30)26-11-6-12-29(20-26)34-33(37)27-15-14-24-9-4-5-10-25(24)19-27/h1-12,14-15,19-21H,13,16-18,22H2,(H,34,37). The monoisotopic (exact) mass is 500 g/mol. The summed E-state index contributed by atoms with van der Waals surface area (Å²) in [6.07, 6.45) is 1.95. The molecule has 1 aliphatic heterocycles. The molecule has 5 aromatic rings. The van der Waals surface area contributed by atoms with Crippen molar-refractivity contribution in [3.05, 3.63) is 126 Å². The predicted molar refractivity (Wildman–Crippen MR) is 150 cm³/mol. The zero-order valence-electron chi connectivity index (χ0n) is 21.0. The fourth-order valence-corrected chi connectivity index (χ4v) is 5.03. The molecule has 5 heteroatoms. The van der Waals surface area contributed by atoms with Crippen LogP contribution < -0.4 is 5.32 Å². The predicted octanol–water partition coefficient (Wildman–Crippen LogP) is 6.87. The van der Waals surface area contributed by atoms with E-state index in [2.05, 4.69) is 17.4 Å². The number of furan rings is 1. The smallest absolute Gasteiger partial charge is 0.255 e. The molecule has 0 bridgehead atoms. The van der Waals surface area contributed by atoms with Gasteiger partial charge in [0.2, 0.25) is 5.91 Å². The Bertz CT molecular complexity index is 1620. The average molecular weight is 501 g/mol. The molecule has 6 rings (SSSR count). The lowest BCUT2D eigenvalue weighted by Gasteiger charge is -2.26. The third-order valence-electron chi connectivity index (χ3n) is 7.11. The molecule has 1 aromatic heterocycles. The highest BCUT2D eigenvalue weighted by Gasteiger charge is 2.24. The summed E-state index contributed by atoms with van der Waals surface area (Å²) in [5.74, 6) is 1.69. The first-order valence-electron chi connectivity index (χ1n) is 13.0. The maximum absolute atomic E-state index is 12.9. The van der Waals surface area contributed by atoms with Crippen LogP contribution in [-0.4, -0.2) is 23.3 Å². The second-order valence-corrected chi connectivity index (χ2v) is 9.71. The molecule has 4 aromatic carbocycles. The van der Waals surface area contributed by atoms with Gasteiger partial charge in [0.25, 0.3) is 5.91 Å². The van der Waals surface area contributed by atoms with E-state index in [0.29, 0.717) is 37.2 Å². The van der Waals surface area contributed by atoms with Gasteiger partial charge in [-0.3, -0.25) is 9.59 Å². The number of hydrogen-bond acceptors (Lipinski definition) is 3. The van der Waals surface area contributed by atoms with Crippen LogP contribution in [0.15, 0.2) is 108 Å². The molecule has 0 spiro atoms. The summed E-state index contributed by atoms with van der Waals surface area (Å²) in [5.41, 5.74) is 4.42. The largest absolute Gasteiger partial charge is 0.461 e. The summed E-state index contributed by atoms with van der Waals surface area (Å²) >= 11 is 0. The maximum atomic E-state index is 12.9. The van der Waals surface area contributed by atoms with Crippen LogP contribution in [-0.2, 0) is 24.2 Å². The van der Waals surface area contributed by atoms with Gasteiger partial charge in [-0.2, -0.15) is 0 Å². The van der Waals surface area contributed by atoms with Gasteiger partial charge in [-0.15, -0.1) is 0 Å². The molecule has 0 aliphatic carbocycles. The van der Waals surface area contributed by atoms with Crippen molar-refractivity contribution in [1.29, 1.82) is 0 Å². The molecule has 0 unspecified atom stereocenters. The van der Waals surface area contributed by atoms with E-state index in [0.717, 1.165) is 39.8 Å². The third-order valence-corrected chi connectivity index (χ3v) is 7.11. The van der Waals surface area contributed by atoms with Gasteiger partial charge >= 0.3 is 0 Å². The normalized spacial score (nSPS) is 12.8. The number of anilines is 1. The number of fused-ring (bicyclic) bond motifs is 2. The van der Waals surface area contributed by atoms with Crippen LogP contribution in [0.4, 0.5) is 5.69 Å². The van der Waals surface area contributed by atoms with E-state index < -0.39 is 0 Å². The summed E-state index contributed by atoms with van der Waals surface area (Å²) in [5, 5.41) is 5.14. The number of rotatable bonds is 6. The minimum Gasteiger partial charge on any atom is -0.461 e. The fraction of sp³-hybridized carbons (Fsp3) is 0.152. The van der Waals surface area contributed by atoms with E-state index >= 15 is 0 Å². The Labute approximate surface area is 221 Å². The Kier molecular flexibility index (Phi) is 6.49. The topological polar surface area (TPSA) is 62.6 Å². The van der Waals surface area contributed by atoms with Gasteiger partial charge in [0.05, 0.1) is 0 Å². The minimum atomic E-state index is -0.156. The summed E-state index contributed by atoms with van der Waals surface area (Å²) in [6, 6.07) is 33.5. The number of nitrogens with zero attached hydrogens (tertiary/aromatic N) is 1. The molecule has 2 amide bonds. The first-order valence-corrected chi connectivity index (χ1v) is 13.0. The van der Waals surface area contributed by atoms with Gasteiger partial charge < -0.3 is 14.6 Å².